The maximum atomic E-state index is 6.88. The zero-order valence-electron chi connectivity index (χ0n) is 42.2. The van der Waals surface area contributed by atoms with Crippen molar-refractivity contribution in [3.63, 3.8) is 0 Å². The predicted molar refractivity (Wildman–Crippen MR) is 282 cm³/mol. The van der Waals surface area contributed by atoms with Gasteiger partial charge in [0.1, 0.15) is 17.2 Å². The van der Waals surface area contributed by atoms with Gasteiger partial charge in [0, 0.05) is 0 Å². The number of unbranched alkanes of at least 4 members (excludes halogenated alkanes) is 33. The lowest BCUT2D eigenvalue weighted by Gasteiger charge is -2.22. The van der Waals surface area contributed by atoms with Crippen molar-refractivity contribution in [3.8, 4) is 17.2 Å². The van der Waals surface area contributed by atoms with Gasteiger partial charge in [0.05, 0.1) is 0 Å². The maximum Gasteiger partial charge on any atom is 0.530 e. The van der Waals surface area contributed by atoms with Crippen molar-refractivity contribution in [3.05, 3.63) is 89.5 Å². The molecule has 0 aliphatic carbocycles. The molecular weight excluding hydrogens is 800 g/mol. The summed E-state index contributed by atoms with van der Waals surface area (Å²) in [6.07, 6.45) is 52.0. The van der Waals surface area contributed by atoms with Crippen LogP contribution in [0.5, 0.6) is 17.2 Å². The van der Waals surface area contributed by atoms with Crippen LogP contribution in [-0.4, -0.2) is 0 Å². The molecule has 64 heavy (non-hydrogen) atoms. The summed E-state index contributed by atoms with van der Waals surface area (Å²) in [7, 11) is -1.75. The van der Waals surface area contributed by atoms with Crippen LogP contribution in [0.2, 0.25) is 0 Å². The fourth-order valence-electron chi connectivity index (χ4n) is 9.16. The van der Waals surface area contributed by atoms with E-state index in [9.17, 15) is 0 Å². The van der Waals surface area contributed by atoms with Crippen LogP contribution < -0.4 is 13.6 Å². The second-order valence-electron chi connectivity index (χ2n) is 19.2. The van der Waals surface area contributed by atoms with Crippen LogP contribution in [0.15, 0.2) is 72.8 Å². The van der Waals surface area contributed by atoms with Crippen molar-refractivity contribution in [2.75, 3.05) is 0 Å². The quantitative estimate of drug-likeness (QED) is 0.0418. The highest BCUT2D eigenvalue weighted by Gasteiger charge is 2.24. The molecule has 3 rings (SSSR count). The Balaban J connectivity index is 1.56. The molecule has 362 valence electrons. The standard InChI is InChI=1S/C60H99O3P/c1-4-7-10-13-16-19-22-25-28-31-34-37-46-55-49-40-43-52-58(55)61-64(62-59-53-44-41-50-56(59)47-38-35-32-29-26-23-20-17-14-11-8-5-2)63-60-54-45-42-51-57(60)48-39-36-33-30-27-24-21-18-15-12-9-6-3/h40-45,49-54H,4-39,46-48H2,1-3H3. The van der Waals surface area contributed by atoms with Crippen LogP contribution >= 0.6 is 8.60 Å². The van der Waals surface area contributed by atoms with Gasteiger partial charge in [-0.2, -0.15) is 0 Å². The molecule has 0 amide bonds. The van der Waals surface area contributed by atoms with Gasteiger partial charge in [0.2, 0.25) is 0 Å². The fraction of sp³-hybridized carbons (Fsp3) is 0.700. The molecule has 0 aliphatic heterocycles. The summed E-state index contributed by atoms with van der Waals surface area (Å²) in [6, 6.07) is 25.8. The topological polar surface area (TPSA) is 27.7 Å². The van der Waals surface area contributed by atoms with Gasteiger partial charge in [-0.05, 0) is 73.4 Å². The van der Waals surface area contributed by atoms with Gasteiger partial charge in [-0.1, -0.05) is 287 Å². The molecule has 0 saturated carbocycles. The third kappa shape index (κ3) is 28.5. The van der Waals surface area contributed by atoms with Crippen molar-refractivity contribution in [2.24, 2.45) is 0 Å². The molecule has 0 atom stereocenters. The first-order valence-electron chi connectivity index (χ1n) is 27.8. The minimum Gasteiger partial charge on any atom is -0.408 e. The van der Waals surface area contributed by atoms with Gasteiger partial charge in [0.25, 0.3) is 0 Å². The second kappa shape index (κ2) is 40.7. The van der Waals surface area contributed by atoms with Crippen molar-refractivity contribution >= 4 is 8.60 Å². The van der Waals surface area contributed by atoms with Gasteiger partial charge in [-0.3, -0.25) is 0 Å². The summed E-state index contributed by atoms with van der Waals surface area (Å²) >= 11 is 0. The second-order valence-corrected chi connectivity index (χ2v) is 20.2. The third-order valence-electron chi connectivity index (χ3n) is 13.3. The molecule has 0 aromatic heterocycles. The minimum atomic E-state index is -1.75. The average molecular weight is 899 g/mol. The molecule has 0 saturated heterocycles. The summed E-state index contributed by atoms with van der Waals surface area (Å²) in [6.45, 7) is 6.90. The first kappa shape index (κ1) is 55.8. The van der Waals surface area contributed by atoms with Crippen LogP contribution in [0.25, 0.3) is 0 Å². The zero-order valence-corrected chi connectivity index (χ0v) is 43.1. The molecule has 0 N–H and O–H groups in total. The van der Waals surface area contributed by atoms with E-state index < -0.39 is 8.60 Å². The third-order valence-corrected chi connectivity index (χ3v) is 14.4. The number of hydrogen-bond donors (Lipinski definition) is 0. The highest BCUT2D eigenvalue weighted by Crippen LogP contribution is 2.45. The number of rotatable bonds is 45. The van der Waals surface area contributed by atoms with Gasteiger partial charge in [0.15, 0.2) is 0 Å². The smallest absolute Gasteiger partial charge is 0.408 e. The zero-order chi connectivity index (χ0) is 45.2. The van der Waals surface area contributed by atoms with E-state index in [0.717, 1.165) is 36.5 Å². The van der Waals surface area contributed by atoms with Gasteiger partial charge in [-0.15, -0.1) is 0 Å². The summed E-state index contributed by atoms with van der Waals surface area (Å²) in [4.78, 5) is 0. The molecule has 0 aliphatic rings. The predicted octanol–water partition coefficient (Wildman–Crippen LogP) is 21.2. The summed E-state index contributed by atoms with van der Waals surface area (Å²) < 4.78 is 20.6. The molecule has 0 fully saturated rings. The van der Waals surface area contributed by atoms with E-state index in [-0.39, 0.29) is 0 Å². The number of aryl methyl sites for hydroxylation is 3. The van der Waals surface area contributed by atoms with Gasteiger partial charge in [-0.25, -0.2) is 0 Å². The van der Waals surface area contributed by atoms with Crippen LogP contribution in [-0.2, 0) is 19.3 Å². The largest absolute Gasteiger partial charge is 0.530 e. The Morgan fingerprint density at radius 2 is 0.438 bits per heavy atom. The summed E-state index contributed by atoms with van der Waals surface area (Å²) in [5, 5.41) is 0. The van der Waals surface area contributed by atoms with E-state index >= 15 is 0 Å². The van der Waals surface area contributed by atoms with E-state index in [1.54, 1.807) is 0 Å². The molecule has 0 heterocycles. The minimum absolute atomic E-state index is 0.897. The number of hydrogen-bond acceptors (Lipinski definition) is 3. The van der Waals surface area contributed by atoms with E-state index in [0.29, 0.717) is 0 Å². The first-order valence-corrected chi connectivity index (χ1v) is 28.9. The summed E-state index contributed by atoms with van der Waals surface area (Å²) in [5.41, 5.74) is 3.76. The van der Waals surface area contributed by atoms with Crippen LogP contribution in [0, 0.1) is 0 Å². The normalized spacial score (nSPS) is 11.4. The van der Waals surface area contributed by atoms with Gasteiger partial charge < -0.3 is 13.6 Å². The average Bonchev–Trinajstić information content (AvgIpc) is 3.31. The molecule has 0 spiro atoms. The SMILES string of the molecule is CCCCCCCCCCCCCCc1ccccc1OP(Oc1ccccc1CCCCCCCCCCCCCC)Oc1ccccc1CCCCCCCCCCCCCC. The molecule has 0 unspecified atom stereocenters. The van der Waals surface area contributed by atoms with E-state index in [1.165, 1.54) is 248 Å². The molecule has 4 heteroatoms. The Morgan fingerprint density at radius 1 is 0.250 bits per heavy atom. The van der Waals surface area contributed by atoms with E-state index in [2.05, 4.69) is 93.6 Å². The molecule has 3 nitrogen and oxygen atoms in total. The Bertz CT molecular complexity index is 1300. The Labute approximate surface area is 398 Å². The monoisotopic (exact) mass is 899 g/mol. The highest BCUT2D eigenvalue weighted by molar-refractivity contribution is 7.43. The van der Waals surface area contributed by atoms with Crippen molar-refractivity contribution in [1.82, 2.24) is 0 Å². The molecular formula is C60H99O3P. The molecule has 0 radical (unpaired) electrons. The Kier molecular flexibility index (Phi) is 35.5. The Hall–Kier alpha value is -2.51. The lowest BCUT2D eigenvalue weighted by Crippen LogP contribution is -2.06. The molecule has 3 aromatic rings. The number of benzene rings is 3. The molecule has 3 aromatic carbocycles. The van der Waals surface area contributed by atoms with Crippen molar-refractivity contribution in [1.29, 1.82) is 0 Å². The Morgan fingerprint density at radius 3 is 0.656 bits per heavy atom. The lowest BCUT2D eigenvalue weighted by atomic mass is 10.0. The van der Waals surface area contributed by atoms with Gasteiger partial charge >= 0.3 is 8.60 Å². The first-order chi connectivity index (χ1) is 31.7. The fourth-order valence-corrected chi connectivity index (χ4v) is 10.3. The van der Waals surface area contributed by atoms with E-state index in [4.69, 9.17) is 13.6 Å². The van der Waals surface area contributed by atoms with Crippen molar-refractivity contribution < 1.29 is 13.6 Å². The highest BCUT2D eigenvalue weighted by atomic mass is 31.2. The van der Waals surface area contributed by atoms with E-state index in [1.807, 2.05) is 0 Å². The van der Waals surface area contributed by atoms with Crippen LogP contribution in [0.4, 0.5) is 0 Å². The summed E-state index contributed by atoms with van der Waals surface area (Å²) in [5.74, 6) is 2.69. The van der Waals surface area contributed by atoms with Crippen LogP contribution in [0.1, 0.15) is 269 Å². The van der Waals surface area contributed by atoms with Crippen molar-refractivity contribution in [2.45, 2.75) is 271 Å². The molecule has 0 bridgehead atoms. The maximum absolute atomic E-state index is 6.88. The number of para-hydroxylation sites is 3. The lowest BCUT2D eigenvalue weighted by molar-refractivity contribution is 0.382. The van der Waals surface area contributed by atoms with Crippen LogP contribution in [0.3, 0.4) is 0 Å².